The zero-order chi connectivity index (χ0) is 14.9. The standard InChI is InChI=1S/C12H6Cl3FN2O2/c13-5-1-2-8(7(16)3-5)18-10-6(12(19)20)4-17-11(15)9(10)14/h1-4H,(H,17,18)(H,19,20). The van der Waals surface area contributed by atoms with E-state index in [4.69, 9.17) is 39.9 Å². The lowest BCUT2D eigenvalue weighted by atomic mass is 10.2. The molecule has 1 aromatic carbocycles. The molecule has 0 amide bonds. The lowest BCUT2D eigenvalue weighted by molar-refractivity contribution is 0.0697. The zero-order valence-electron chi connectivity index (χ0n) is 9.62. The van der Waals surface area contributed by atoms with Crippen LogP contribution in [0.2, 0.25) is 15.2 Å². The van der Waals surface area contributed by atoms with Crippen molar-refractivity contribution in [2.24, 2.45) is 0 Å². The minimum Gasteiger partial charge on any atom is -0.478 e. The third-order valence-corrected chi connectivity index (χ3v) is 3.38. The summed E-state index contributed by atoms with van der Waals surface area (Å²) in [6, 6.07) is 3.89. The molecule has 2 aromatic rings. The van der Waals surface area contributed by atoms with Gasteiger partial charge >= 0.3 is 5.97 Å². The van der Waals surface area contributed by atoms with Gasteiger partial charge in [-0.25, -0.2) is 14.2 Å². The van der Waals surface area contributed by atoms with Crippen molar-refractivity contribution in [3.8, 4) is 0 Å². The first-order chi connectivity index (χ1) is 9.40. The van der Waals surface area contributed by atoms with Gasteiger partial charge in [0.25, 0.3) is 0 Å². The summed E-state index contributed by atoms with van der Waals surface area (Å²) in [6.07, 6.45) is 1.03. The van der Waals surface area contributed by atoms with Gasteiger partial charge in [-0.2, -0.15) is 0 Å². The van der Waals surface area contributed by atoms with E-state index in [1.807, 2.05) is 0 Å². The molecule has 2 N–H and O–H groups in total. The van der Waals surface area contributed by atoms with E-state index in [1.165, 1.54) is 12.1 Å². The number of carboxylic acid groups (broad SMARTS) is 1. The number of hydrogen-bond acceptors (Lipinski definition) is 3. The smallest absolute Gasteiger partial charge is 0.339 e. The predicted octanol–water partition coefficient (Wildman–Crippen LogP) is 4.62. The van der Waals surface area contributed by atoms with Gasteiger partial charge in [-0.1, -0.05) is 34.8 Å². The second-order valence-electron chi connectivity index (χ2n) is 3.71. The SMILES string of the molecule is O=C(O)c1cnc(Cl)c(Cl)c1Nc1ccc(Cl)cc1F. The number of aromatic nitrogens is 1. The minimum absolute atomic E-state index is 0.0149. The van der Waals surface area contributed by atoms with Gasteiger partial charge in [-0.3, -0.25) is 0 Å². The summed E-state index contributed by atoms with van der Waals surface area (Å²) >= 11 is 17.3. The van der Waals surface area contributed by atoms with Crippen LogP contribution in [0.3, 0.4) is 0 Å². The largest absolute Gasteiger partial charge is 0.478 e. The third kappa shape index (κ3) is 2.95. The molecule has 104 valence electrons. The number of aromatic carboxylic acids is 1. The number of nitrogens with zero attached hydrogens (tertiary/aromatic N) is 1. The van der Waals surface area contributed by atoms with Gasteiger partial charge in [0, 0.05) is 11.2 Å². The van der Waals surface area contributed by atoms with Crippen molar-refractivity contribution in [1.82, 2.24) is 4.98 Å². The van der Waals surface area contributed by atoms with Gasteiger partial charge < -0.3 is 10.4 Å². The number of hydrogen-bond donors (Lipinski definition) is 2. The van der Waals surface area contributed by atoms with E-state index in [-0.39, 0.29) is 32.1 Å². The molecule has 0 fully saturated rings. The first-order valence-corrected chi connectivity index (χ1v) is 6.33. The summed E-state index contributed by atoms with van der Waals surface area (Å²) in [5.74, 6) is -1.93. The molecule has 0 bridgehead atoms. The normalized spacial score (nSPS) is 10.4. The Kier molecular flexibility index (Phi) is 4.32. The van der Waals surface area contributed by atoms with Crippen molar-refractivity contribution in [3.05, 3.63) is 51.0 Å². The number of halogens is 4. The van der Waals surface area contributed by atoms with Crippen LogP contribution in [0.25, 0.3) is 0 Å². The second kappa shape index (κ2) is 5.83. The van der Waals surface area contributed by atoms with Crippen LogP contribution in [0.4, 0.5) is 15.8 Å². The molecule has 0 saturated heterocycles. The molecule has 0 aliphatic carbocycles. The van der Waals surface area contributed by atoms with Crippen molar-refractivity contribution >= 4 is 52.1 Å². The summed E-state index contributed by atoms with van der Waals surface area (Å²) in [4.78, 5) is 14.8. The van der Waals surface area contributed by atoms with Crippen molar-refractivity contribution in [2.45, 2.75) is 0 Å². The van der Waals surface area contributed by atoms with Gasteiger partial charge in [0.05, 0.1) is 11.4 Å². The lowest BCUT2D eigenvalue weighted by Crippen LogP contribution is -2.05. The highest BCUT2D eigenvalue weighted by Crippen LogP contribution is 2.34. The van der Waals surface area contributed by atoms with Crippen molar-refractivity contribution < 1.29 is 14.3 Å². The molecule has 4 nitrogen and oxygen atoms in total. The highest BCUT2D eigenvalue weighted by Gasteiger charge is 2.18. The Morgan fingerprint density at radius 1 is 1.30 bits per heavy atom. The number of rotatable bonds is 3. The molecule has 8 heteroatoms. The van der Waals surface area contributed by atoms with Crippen LogP contribution >= 0.6 is 34.8 Å². The number of anilines is 2. The molecule has 0 unspecified atom stereocenters. The molecule has 1 aromatic heterocycles. The van der Waals surface area contributed by atoms with Gasteiger partial charge in [-0.05, 0) is 18.2 Å². The number of pyridine rings is 1. The van der Waals surface area contributed by atoms with Crippen LogP contribution in [0, 0.1) is 5.82 Å². The van der Waals surface area contributed by atoms with E-state index < -0.39 is 11.8 Å². The number of carboxylic acids is 1. The highest BCUT2D eigenvalue weighted by molar-refractivity contribution is 6.43. The van der Waals surface area contributed by atoms with Crippen LogP contribution in [-0.4, -0.2) is 16.1 Å². The fourth-order valence-corrected chi connectivity index (χ4v) is 1.97. The quantitative estimate of drug-likeness (QED) is 0.803. The van der Waals surface area contributed by atoms with Crippen molar-refractivity contribution in [2.75, 3.05) is 5.32 Å². The topological polar surface area (TPSA) is 62.2 Å². The predicted molar refractivity (Wildman–Crippen MR) is 75.9 cm³/mol. The average Bonchev–Trinajstić information content (AvgIpc) is 2.37. The van der Waals surface area contributed by atoms with Crippen LogP contribution in [0.1, 0.15) is 10.4 Å². The van der Waals surface area contributed by atoms with Crippen LogP contribution < -0.4 is 5.32 Å². The van der Waals surface area contributed by atoms with E-state index in [2.05, 4.69) is 10.3 Å². The van der Waals surface area contributed by atoms with Gasteiger partial charge in [0.1, 0.15) is 21.6 Å². The van der Waals surface area contributed by atoms with Crippen LogP contribution in [0.15, 0.2) is 24.4 Å². The minimum atomic E-state index is -1.27. The Hall–Kier alpha value is -1.56. The summed E-state index contributed by atoms with van der Waals surface area (Å²) in [5.41, 5.74) is -0.254. The van der Waals surface area contributed by atoms with Crippen LogP contribution in [0.5, 0.6) is 0 Å². The average molecular weight is 336 g/mol. The molecule has 0 atom stereocenters. The maximum Gasteiger partial charge on any atom is 0.339 e. The summed E-state index contributed by atoms with van der Waals surface area (Å²) in [7, 11) is 0. The fraction of sp³-hybridized carbons (Fsp3) is 0. The zero-order valence-corrected chi connectivity index (χ0v) is 11.9. The summed E-state index contributed by atoms with van der Waals surface area (Å²) < 4.78 is 13.7. The Balaban J connectivity index is 2.52. The molecule has 1 heterocycles. The lowest BCUT2D eigenvalue weighted by Gasteiger charge is -2.12. The first kappa shape index (κ1) is 14.8. The van der Waals surface area contributed by atoms with Crippen molar-refractivity contribution in [3.63, 3.8) is 0 Å². The monoisotopic (exact) mass is 334 g/mol. The Labute approximate surface area is 128 Å². The molecule has 0 saturated carbocycles. The molecular formula is C12H6Cl3FN2O2. The molecular weight excluding hydrogens is 330 g/mol. The van der Waals surface area contributed by atoms with Crippen molar-refractivity contribution in [1.29, 1.82) is 0 Å². The number of nitrogens with one attached hydrogen (secondary N) is 1. The van der Waals surface area contributed by atoms with E-state index in [0.717, 1.165) is 12.3 Å². The maximum absolute atomic E-state index is 13.7. The van der Waals surface area contributed by atoms with E-state index in [0.29, 0.717) is 0 Å². The highest BCUT2D eigenvalue weighted by atomic mass is 35.5. The summed E-state index contributed by atoms with van der Waals surface area (Å²) in [6.45, 7) is 0. The molecule has 0 aliphatic rings. The maximum atomic E-state index is 13.7. The Morgan fingerprint density at radius 3 is 2.60 bits per heavy atom. The second-order valence-corrected chi connectivity index (χ2v) is 4.88. The Bertz CT molecular complexity index is 695. The van der Waals surface area contributed by atoms with Gasteiger partial charge in [-0.15, -0.1) is 0 Å². The fourth-order valence-electron chi connectivity index (χ4n) is 1.47. The van der Waals surface area contributed by atoms with Gasteiger partial charge in [0.15, 0.2) is 0 Å². The van der Waals surface area contributed by atoms with Crippen LogP contribution in [-0.2, 0) is 0 Å². The van der Waals surface area contributed by atoms with E-state index >= 15 is 0 Å². The molecule has 20 heavy (non-hydrogen) atoms. The molecule has 0 spiro atoms. The van der Waals surface area contributed by atoms with E-state index in [1.54, 1.807) is 0 Å². The first-order valence-electron chi connectivity index (χ1n) is 5.19. The molecule has 0 radical (unpaired) electrons. The number of carbonyl (C=O) groups is 1. The third-order valence-electron chi connectivity index (χ3n) is 2.40. The van der Waals surface area contributed by atoms with E-state index in [9.17, 15) is 9.18 Å². The number of benzene rings is 1. The molecule has 2 rings (SSSR count). The molecule has 0 aliphatic heterocycles. The summed E-state index contributed by atoms with van der Waals surface area (Å²) in [5, 5.41) is 11.7. The Morgan fingerprint density at radius 2 is 2.00 bits per heavy atom. The van der Waals surface area contributed by atoms with Gasteiger partial charge in [0.2, 0.25) is 0 Å².